The lowest BCUT2D eigenvalue weighted by Crippen LogP contribution is -2.35. The molecule has 188 valence electrons. The molecule has 1 aromatic carbocycles. The predicted molar refractivity (Wildman–Crippen MR) is 139 cm³/mol. The molecule has 8 nitrogen and oxygen atoms in total. The lowest BCUT2D eigenvalue weighted by atomic mass is 9.92. The molecule has 1 fully saturated rings. The third-order valence-corrected chi connectivity index (χ3v) is 7.71. The molecule has 6 rings (SSSR count). The number of amides is 1. The summed E-state index contributed by atoms with van der Waals surface area (Å²) in [5.74, 6) is 2.11. The van der Waals surface area contributed by atoms with E-state index in [2.05, 4.69) is 25.5 Å². The largest absolute Gasteiger partial charge is 0.495 e. The zero-order valence-electron chi connectivity index (χ0n) is 20.9. The van der Waals surface area contributed by atoms with Gasteiger partial charge >= 0.3 is 0 Å². The minimum atomic E-state index is -0.0680. The van der Waals surface area contributed by atoms with Crippen LogP contribution in [0.1, 0.15) is 46.8 Å². The van der Waals surface area contributed by atoms with E-state index in [9.17, 15) is 4.79 Å². The Balaban J connectivity index is 1.51. The van der Waals surface area contributed by atoms with Gasteiger partial charge in [-0.2, -0.15) is 0 Å². The lowest BCUT2D eigenvalue weighted by molar-refractivity contribution is 0.0939. The monoisotopic (exact) mass is 487 g/mol. The van der Waals surface area contributed by atoms with Crippen LogP contribution >= 0.6 is 0 Å². The summed E-state index contributed by atoms with van der Waals surface area (Å²) in [6, 6.07) is 7.96. The fraction of sp³-hybridized carbons (Fsp3) is 0.429. The summed E-state index contributed by atoms with van der Waals surface area (Å²) < 4.78 is 12.0. The number of ether oxygens (including phenoxy) is 2. The highest BCUT2D eigenvalue weighted by atomic mass is 16.5. The first-order chi connectivity index (χ1) is 17.6. The number of rotatable bonds is 3. The van der Waals surface area contributed by atoms with Gasteiger partial charge in [0.1, 0.15) is 11.5 Å². The van der Waals surface area contributed by atoms with Gasteiger partial charge in [-0.3, -0.25) is 9.78 Å². The third kappa shape index (κ3) is 4.19. The Hall–Kier alpha value is -3.52. The number of nitrogens with zero attached hydrogens (tertiary/aromatic N) is 2. The van der Waals surface area contributed by atoms with E-state index in [4.69, 9.17) is 9.47 Å². The number of methoxy groups -OCH3 is 1. The minimum absolute atomic E-state index is 0.0680. The van der Waals surface area contributed by atoms with Crippen molar-refractivity contribution in [2.75, 3.05) is 45.2 Å². The van der Waals surface area contributed by atoms with Gasteiger partial charge in [0, 0.05) is 42.4 Å². The van der Waals surface area contributed by atoms with Crippen LogP contribution in [-0.4, -0.2) is 60.7 Å². The zero-order valence-corrected chi connectivity index (χ0v) is 20.9. The van der Waals surface area contributed by atoms with Gasteiger partial charge in [-0.1, -0.05) is 6.07 Å². The molecule has 0 saturated carbocycles. The Bertz CT molecular complexity index is 1290. The molecule has 3 aliphatic heterocycles. The maximum Gasteiger partial charge on any atom is 0.255 e. The Kier molecular flexibility index (Phi) is 6.05. The van der Waals surface area contributed by atoms with Crippen molar-refractivity contribution < 1.29 is 14.3 Å². The van der Waals surface area contributed by atoms with Gasteiger partial charge < -0.3 is 30.0 Å². The number of nitrogens with one attached hydrogen (secondary N) is 3. The van der Waals surface area contributed by atoms with Crippen molar-refractivity contribution in [3.05, 3.63) is 53.5 Å². The zero-order chi connectivity index (χ0) is 24.6. The van der Waals surface area contributed by atoms with Gasteiger partial charge in [-0.15, -0.1) is 0 Å². The molecular formula is C28H33N5O3. The van der Waals surface area contributed by atoms with Crippen molar-refractivity contribution >= 4 is 17.3 Å². The fourth-order valence-electron chi connectivity index (χ4n) is 5.82. The Morgan fingerprint density at radius 2 is 2.14 bits per heavy atom. The van der Waals surface area contributed by atoms with Crippen molar-refractivity contribution in [3.63, 3.8) is 0 Å². The molecule has 5 heterocycles. The van der Waals surface area contributed by atoms with Gasteiger partial charge in [0.2, 0.25) is 0 Å². The van der Waals surface area contributed by atoms with Crippen molar-refractivity contribution in [2.24, 2.45) is 5.92 Å². The first kappa shape index (κ1) is 22.9. The van der Waals surface area contributed by atoms with E-state index < -0.39 is 0 Å². The number of hydrogen-bond acceptors (Lipinski definition) is 6. The fourth-order valence-corrected chi connectivity index (χ4v) is 5.82. The third-order valence-electron chi connectivity index (χ3n) is 7.71. The van der Waals surface area contributed by atoms with Gasteiger partial charge in [0.25, 0.3) is 5.91 Å². The summed E-state index contributed by atoms with van der Waals surface area (Å²) in [5.41, 5.74) is 6.05. The Morgan fingerprint density at radius 1 is 1.22 bits per heavy atom. The van der Waals surface area contributed by atoms with Gasteiger partial charge in [-0.25, -0.2) is 0 Å². The molecule has 1 saturated heterocycles. The van der Waals surface area contributed by atoms with Gasteiger partial charge in [0.05, 0.1) is 42.5 Å². The van der Waals surface area contributed by atoms with E-state index >= 15 is 0 Å². The van der Waals surface area contributed by atoms with Crippen LogP contribution < -0.4 is 20.1 Å². The lowest BCUT2D eigenvalue weighted by Gasteiger charge is -2.25. The van der Waals surface area contributed by atoms with Crippen molar-refractivity contribution in [3.8, 4) is 22.8 Å². The number of fused-ring (bicyclic) bond motifs is 5. The van der Waals surface area contributed by atoms with Crippen LogP contribution in [0.25, 0.3) is 11.3 Å². The molecule has 36 heavy (non-hydrogen) atoms. The van der Waals surface area contributed by atoms with Crippen LogP contribution in [0.3, 0.4) is 0 Å². The van der Waals surface area contributed by atoms with E-state index in [0.717, 1.165) is 84.3 Å². The van der Waals surface area contributed by atoms with Crippen LogP contribution in [-0.2, 0) is 0 Å². The molecule has 2 aromatic heterocycles. The van der Waals surface area contributed by atoms with Crippen LogP contribution in [0.15, 0.2) is 36.7 Å². The summed E-state index contributed by atoms with van der Waals surface area (Å²) in [6.07, 6.45) is 6.82. The van der Waals surface area contributed by atoms with Crippen molar-refractivity contribution in [1.29, 1.82) is 0 Å². The number of anilines is 2. The summed E-state index contributed by atoms with van der Waals surface area (Å²) in [7, 11) is 1.66. The van der Waals surface area contributed by atoms with E-state index in [1.54, 1.807) is 19.5 Å². The Labute approximate surface area is 211 Å². The number of H-pyrrole nitrogens is 1. The second kappa shape index (κ2) is 9.50. The van der Waals surface area contributed by atoms with Crippen molar-refractivity contribution in [2.45, 2.75) is 32.1 Å². The quantitative estimate of drug-likeness (QED) is 0.505. The topological polar surface area (TPSA) is 91.5 Å². The van der Waals surface area contributed by atoms with E-state index in [1.165, 1.54) is 0 Å². The van der Waals surface area contributed by atoms with Crippen molar-refractivity contribution in [1.82, 2.24) is 20.2 Å². The van der Waals surface area contributed by atoms with Gasteiger partial charge in [0.15, 0.2) is 0 Å². The summed E-state index contributed by atoms with van der Waals surface area (Å²) >= 11 is 0. The molecule has 3 aliphatic rings. The molecule has 0 spiro atoms. The Morgan fingerprint density at radius 3 is 3.03 bits per heavy atom. The van der Waals surface area contributed by atoms with Crippen LogP contribution in [0.2, 0.25) is 0 Å². The standard InChI is InChI=1S/C28H33N5O3/c1-17-5-6-22(35-2)21(12-17)31-27-24-25-19(13-30-28(24)34)4-3-10-33-11-8-18(15-33)16-36-23-14-29-9-7-20(23)26(27)32-25/h5-7,9,12,14,18-19,31-32H,3-4,8,10-11,13,15-16H2,1-2H3,(H,30,34)/t18-,19+/m1/s1. The highest BCUT2D eigenvalue weighted by Crippen LogP contribution is 2.44. The number of aromatic nitrogens is 2. The highest BCUT2D eigenvalue weighted by Gasteiger charge is 2.34. The molecule has 3 aromatic rings. The maximum absolute atomic E-state index is 13.3. The first-order valence-corrected chi connectivity index (χ1v) is 12.9. The van der Waals surface area contributed by atoms with E-state index in [-0.39, 0.29) is 11.8 Å². The molecule has 0 aliphatic carbocycles. The molecule has 3 N–H and O–H groups in total. The maximum atomic E-state index is 13.3. The average molecular weight is 488 g/mol. The molecule has 8 heteroatoms. The molecular weight excluding hydrogens is 454 g/mol. The normalized spacial score (nSPS) is 23.2. The predicted octanol–water partition coefficient (Wildman–Crippen LogP) is 4.46. The average Bonchev–Trinajstić information content (AvgIpc) is 3.49. The molecule has 1 amide bonds. The number of carbonyl (C=O) groups is 1. The molecule has 1 unspecified atom stereocenters. The van der Waals surface area contributed by atoms with E-state index in [1.807, 2.05) is 31.2 Å². The second-order valence-corrected chi connectivity index (χ2v) is 10.2. The second-order valence-electron chi connectivity index (χ2n) is 10.2. The number of aryl methyl sites for hydroxylation is 1. The first-order valence-electron chi connectivity index (χ1n) is 12.9. The highest BCUT2D eigenvalue weighted by molar-refractivity contribution is 6.07. The number of aromatic amines is 1. The number of pyridine rings is 1. The summed E-state index contributed by atoms with van der Waals surface area (Å²) in [5, 5.41) is 6.72. The van der Waals surface area contributed by atoms with E-state index in [0.29, 0.717) is 24.6 Å². The molecule has 0 radical (unpaired) electrons. The number of hydrogen-bond donors (Lipinski definition) is 3. The summed E-state index contributed by atoms with van der Waals surface area (Å²) in [6.45, 7) is 6.62. The summed E-state index contributed by atoms with van der Waals surface area (Å²) in [4.78, 5) is 23.9. The van der Waals surface area contributed by atoms with Gasteiger partial charge in [-0.05, 0) is 63.0 Å². The minimum Gasteiger partial charge on any atom is -0.495 e. The SMILES string of the molecule is COc1ccc(C)cc1Nc1c2[nH]c3c1C(=O)NC[C@@H]3CCCN1CC[C@@H](COc3cnccc3-2)C1. The smallest absolute Gasteiger partial charge is 0.255 e. The molecule has 3 atom stereocenters. The van der Waals surface area contributed by atoms with Crippen LogP contribution in [0.4, 0.5) is 11.4 Å². The number of benzene rings is 1. The van der Waals surface area contributed by atoms with Crippen LogP contribution in [0.5, 0.6) is 11.5 Å². The molecule has 4 bridgehead atoms. The van der Waals surface area contributed by atoms with Crippen LogP contribution in [0, 0.1) is 12.8 Å². The number of carbonyl (C=O) groups excluding carboxylic acids is 1.